The molecule has 5 nitrogen and oxygen atoms in total. The van der Waals surface area contributed by atoms with E-state index in [4.69, 9.17) is 4.74 Å². The number of nitrogens with one attached hydrogen (secondary N) is 2. The second-order valence-corrected chi connectivity index (χ2v) is 6.08. The summed E-state index contributed by atoms with van der Waals surface area (Å²) in [5, 5.41) is 6.24. The first kappa shape index (κ1) is 21.0. The summed E-state index contributed by atoms with van der Waals surface area (Å²) in [5.74, 6) is 0.868. The molecular formula is C17H27Cl2N3O2. The lowest BCUT2D eigenvalue weighted by atomic mass is 10.1. The Morgan fingerprint density at radius 3 is 2.58 bits per heavy atom. The van der Waals surface area contributed by atoms with Gasteiger partial charge in [0.2, 0.25) is 5.91 Å². The lowest BCUT2D eigenvalue weighted by molar-refractivity contribution is -0.120. The first-order valence-electron chi connectivity index (χ1n) is 8.21. The number of nitrogens with zero attached hydrogens (tertiary/aromatic N) is 1. The molecule has 3 rings (SSSR count). The van der Waals surface area contributed by atoms with Crippen molar-refractivity contribution in [1.29, 1.82) is 0 Å². The molecule has 7 heteroatoms. The van der Waals surface area contributed by atoms with Gasteiger partial charge in [-0.2, -0.15) is 0 Å². The molecule has 136 valence electrons. The molecule has 1 aliphatic heterocycles. The number of hydrogen-bond acceptors (Lipinski definition) is 4. The molecule has 2 fully saturated rings. The van der Waals surface area contributed by atoms with Crippen LogP contribution >= 0.6 is 24.8 Å². The minimum absolute atomic E-state index is 0. The highest BCUT2D eigenvalue weighted by atomic mass is 35.5. The van der Waals surface area contributed by atoms with Crippen LogP contribution in [0.5, 0.6) is 0 Å². The zero-order valence-corrected chi connectivity index (χ0v) is 15.5. The fourth-order valence-electron chi connectivity index (χ4n) is 2.74. The van der Waals surface area contributed by atoms with Crippen molar-refractivity contribution in [2.45, 2.75) is 19.4 Å². The Kier molecular flexibility index (Phi) is 9.44. The smallest absolute Gasteiger partial charge is 0.234 e. The van der Waals surface area contributed by atoms with Crippen molar-refractivity contribution in [1.82, 2.24) is 10.6 Å². The van der Waals surface area contributed by atoms with Gasteiger partial charge in [-0.15, -0.1) is 24.8 Å². The largest absolute Gasteiger partial charge is 0.378 e. The van der Waals surface area contributed by atoms with Gasteiger partial charge in [0.1, 0.15) is 0 Å². The van der Waals surface area contributed by atoms with Crippen LogP contribution in [-0.2, 0) is 16.1 Å². The SMILES string of the molecule is Cl.Cl.O=C(CNCC1CC1)NCc1ccccc1N1CCOCC1. The van der Waals surface area contributed by atoms with Crippen LogP contribution in [0.1, 0.15) is 18.4 Å². The average Bonchev–Trinajstić information content (AvgIpc) is 3.38. The van der Waals surface area contributed by atoms with E-state index in [1.165, 1.54) is 24.1 Å². The summed E-state index contributed by atoms with van der Waals surface area (Å²) in [6, 6.07) is 8.28. The number of hydrogen-bond donors (Lipinski definition) is 2. The number of ether oxygens (including phenoxy) is 1. The number of benzene rings is 1. The van der Waals surface area contributed by atoms with Gasteiger partial charge in [0.05, 0.1) is 19.8 Å². The lowest BCUT2D eigenvalue weighted by Crippen LogP contribution is -2.38. The van der Waals surface area contributed by atoms with E-state index in [0.717, 1.165) is 38.8 Å². The van der Waals surface area contributed by atoms with Crippen molar-refractivity contribution >= 4 is 36.4 Å². The number of carbonyl (C=O) groups is 1. The molecule has 0 radical (unpaired) electrons. The monoisotopic (exact) mass is 375 g/mol. The van der Waals surface area contributed by atoms with Gasteiger partial charge in [0.25, 0.3) is 0 Å². The zero-order chi connectivity index (χ0) is 15.2. The summed E-state index contributed by atoms with van der Waals surface area (Å²) >= 11 is 0. The zero-order valence-electron chi connectivity index (χ0n) is 13.8. The number of para-hydroxylation sites is 1. The summed E-state index contributed by atoms with van der Waals surface area (Å²) in [7, 11) is 0. The standard InChI is InChI=1S/C17H25N3O2.2ClH/c21-17(13-18-11-14-5-6-14)19-12-15-3-1-2-4-16(15)20-7-9-22-10-8-20;;/h1-4,14,18H,5-13H2,(H,19,21);2*1H. The highest BCUT2D eigenvalue weighted by Crippen LogP contribution is 2.27. The molecule has 1 aromatic carbocycles. The molecule has 24 heavy (non-hydrogen) atoms. The molecule has 0 aromatic heterocycles. The van der Waals surface area contributed by atoms with E-state index in [-0.39, 0.29) is 30.7 Å². The fraction of sp³-hybridized carbons (Fsp3) is 0.588. The number of morpholine rings is 1. The quantitative estimate of drug-likeness (QED) is 0.764. The van der Waals surface area contributed by atoms with E-state index in [0.29, 0.717) is 13.1 Å². The molecule has 1 aliphatic carbocycles. The van der Waals surface area contributed by atoms with Gasteiger partial charge in [-0.25, -0.2) is 0 Å². The van der Waals surface area contributed by atoms with Gasteiger partial charge in [-0.3, -0.25) is 4.79 Å². The summed E-state index contributed by atoms with van der Waals surface area (Å²) in [6.45, 7) is 5.32. The third kappa shape index (κ3) is 6.48. The van der Waals surface area contributed by atoms with Gasteiger partial charge >= 0.3 is 0 Å². The van der Waals surface area contributed by atoms with Crippen LogP contribution < -0.4 is 15.5 Å². The first-order chi connectivity index (χ1) is 10.8. The van der Waals surface area contributed by atoms with Gasteiger partial charge in [-0.1, -0.05) is 18.2 Å². The van der Waals surface area contributed by atoms with E-state index in [9.17, 15) is 4.79 Å². The minimum Gasteiger partial charge on any atom is -0.378 e. The molecule has 1 aromatic rings. The normalized spacial score (nSPS) is 16.8. The predicted octanol–water partition coefficient (Wildman–Crippen LogP) is 1.98. The Balaban J connectivity index is 0.00000144. The highest BCUT2D eigenvalue weighted by molar-refractivity contribution is 5.85. The van der Waals surface area contributed by atoms with Gasteiger partial charge in [-0.05, 0) is 36.9 Å². The number of amides is 1. The Morgan fingerprint density at radius 1 is 1.17 bits per heavy atom. The van der Waals surface area contributed by atoms with E-state index in [1.807, 2.05) is 12.1 Å². The van der Waals surface area contributed by atoms with E-state index >= 15 is 0 Å². The van der Waals surface area contributed by atoms with Crippen molar-refractivity contribution in [2.24, 2.45) is 5.92 Å². The number of halogens is 2. The number of anilines is 1. The summed E-state index contributed by atoms with van der Waals surface area (Å²) < 4.78 is 5.41. The molecule has 0 spiro atoms. The molecule has 0 bridgehead atoms. The Bertz CT molecular complexity index is 506. The van der Waals surface area contributed by atoms with Gasteiger partial charge < -0.3 is 20.3 Å². The van der Waals surface area contributed by atoms with Crippen molar-refractivity contribution < 1.29 is 9.53 Å². The second kappa shape index (κ2) is 10.8. The molecule has 1 saturated heterocycles. The van der Waals surface area contributed by atoms with Crippen molar-refractivity contribution in [3.8, 4) is 0 Å². The highest BCUT2D eigenvalue weighted by Gasteiger charge is 2.20. The molecule has 0 unspecified atom stereocenters. The topological polar surface area (TPSA) is 53.6 Å². The van der Waals surface area contributed by atoms with E-state index < -0.39 is 0 Å². The summed E-state index contributed by atoms with van der Waals surface area (Å²) in [5.41, 5.74) is 2.37. The van der Waals surface area contributed by atoms with Crippen LogP contribution in [0, 0.1) is 5.92 Å². The van der Waals surface area contributed by atoms with Crippen LogP contribution in [-0.4, -0.2) is 45.3 Å². The molecule has 0 atom stereocenters. The van der Waals surface area contributed by atoms with Gasteiger partial charge in [0.15, 0.2) is 0 Å². The number of carbonyl (C=O) groups excluding carboxylic acids is 1. The fourth-order valence-corrected chi connectivity index (χ4v) is 2.74. The molecule has 1 heterocycles. The van der Waals surface area contributed by atoms with Crippen LogP contribution in [0.3, 0.4) is 0 Å². The van der Waals surface area contributed by atoms with Crippen molar-refractivity contribution in [2.75, 3.05) is 44.3 Å². The Hall–Kier alpha value is -1.01. The number of rotatable bonds is 7. The van der Waals surface area contributed by atoms with Crippen LogP contribution in [0.2, 0.25) is 0 Å². The van der Waals surface area contributed by atoms with Crippen molar-refractivity contribution in [3.63, 3.8) is 0 Å². The Morgan fingerprint density at radius 2 is 1.88 bits per heavy atom. The van der Waals surface area contributed by atoms with Crippen LogP contribution in [0.25, 0.3) is 0 Å². The first-order valence-corrected chi connectivity index (χ1v) is 8.21. The molecular weight excluding hydrogens is 349 g/mol. The lowest BCUT2D eigenvalue weighted by Gasteiger charge is -2.30. The minimum atomic E-state index is 0. The third-order valence-electron chi connectivity index (χ3n) is 4.23. The molecule has 1 amide bonds. The maximum Gasteiger partial charge on any atom is 0.234 e. The van der Waals surface area contributed by atoms with Crippen LogP contribution in [0.4, 0.5) is 5.69 Å². The maximum absolute atomic E-state index is 11.9. The van der Waals surface area contributed by atoms with Crippen LogP contribution in [0.15, 0.2) is 24.3 Å². The van der Waals surface area contributed by atoms with Gasteiger partial charge in [0, 0.05) is 25.3 Å². The molecule has 2 aliphatic rings. The predicted molar refractivity (Wildman–Crippen MR) is 101 cm³/mol. The maximum atomic E-state index is 11.9. The second-order valence-electron chi connectivity index (χ2n) is 6.08. The van der Waals surface area contributed by atoms with Crippen molar-refractivity contribution in [3.05, 3.63) is 29.8 Å². The molecule has 2 N–H and O–H groups in total. The van der Waals surface area contributed by atoms with E-state index in [1.54, 1.807) is 0 Å². The summed E-state index contributed by atoms with van der Waals surface area (Å²) in [4.78, 5) is 14.2. The average molecular weight is 376 g/mol. The summed E-state index contributed by atoms with van der Waals surface area (Å²) in [6.07, 6.45) is 2.61. The Labute approximate surface area is 156 Å². The third-order valence-corrected chi connectivity index (χ3v) is 4.23. The van der Waals surface area contributed by atoms with E-state index in [2.05, 4.69) is 27.7 Å². The molecule has 1 saturated carbocycles.